The van der Waals surface area contributed by atoms with Gasteiger partial charge >= 0.3 is 5.97 Å². The van der Waals surface area contributed by atoms with Gasteiger partial charge in [0.05, 0.1) is 18.8 Å². The predicted molar refractivity (Wildman–Crippen MR) is 75.9 cm³/mol. The molecule has 0 heterocycles. The first-order valence-corrected chi connectivity index (χ1v) is 6.81. The molecule has 1 aliphatic carbocycles. The second kappa shape index (κ2) is 6.61. The number of methoxy groups -OCH3 is 2. The highest BCUT2D eigenvalue weighted by molar-refractivity contribution is 5.95. The minimum atomic E-state index is -0.400. The molecule has 5 heteroatoms. The largest absolute Gasteiger partial charge is 0.497 e. The van der Waals surface area contributed by atoms with Crippen molar-refractivity contribution in [3.8, 4) is 5.75 Å². The van der Waals surface area contributed by atoms with E-state index >= 15 is 0 Å². The van der Waals surface area contributed by atoms with Crippen molar-refractivity contribution in [3.63, 3.8) is 0 Å². The van der Waals surface area contributed by atoms with Gasteiger partial charge in [0, 0.05) is 19.2 Å². The van der Waals surface area contributed by atoms with Crippen LogP contribution in [0.4, 0.5) is 5.69 Å². The summed E-state index contributed by atoms with van der Waals surface area (Å²) in [4.78, 5) is 12.2. The van der Waals surface area contributed by atoms with Crippen LogP contribution in [0.15, 0.2) is 18.2 Å². The molecule has 0 spiro atoms. The number of benzene rings is 1. The molecule has 0 aromatic heterocycles. The monoisotopic (exact) mass is 279 g/mol. The third-order valence-corrected chi connectivity index (χ3v) is 3.67. The Balaban J connectivity index is 2.04. The second-order valence-electron chi connectivity index (χ2n) is 5.00. The van der Waals surface area contributed by atoms with Gasteiger partial charge in [0.2, 0.25) is 0 Å². The number of hydrogen-bond acceptors (Lipinski definition) is 5. The molecule has 0 bridgehead atoms. The summed E-state index contributed by atoms with van der Waals surface area (Å²) in [5.74, 6) is 0.188. The Morgan fingerprint density at radius 3 is 2.70 bits per heavy atom. The van der Waals surface area contributed by atoms with Gasteiger partial charge in [0.25, 0.3) is 0 Å². The summed E-state index contributed by atoms with van der Waals surface area (Å²) >= 11 is 0. The molecule has 0 aliphatic heterocycles. The third-order valence-electron chi connectivity index (χ3n) is 3.67. The van der Waals surface area contributed by atoms with Crippen LogP contribution < -0.4 is 10.5 Å². The predicted octanol–water partition coefficient (Wildman–Crippen LogP) is 2.39. The minimum absolute atomic E-state index is 0.105. The Morgan fingerprint density at radius 1 is 1.25 bits per heavy atom. The van der Waals surface area contributed by atoms with Crippen LogP contribution >= 0.6 is 0 Å². The fourth-order valence-electron chi connectivity index (χ4n) is 2.48. The second-order valence-corrected chi connectivity index (χ2v) is 5.00. The normalized spacial score (nSPS) is 22.3. The van der Waals surface area contributed by atoms with E-state index in [-0.39, 0.29) is 12.2 Å². The van der Waals surface area contributed by atoms with Crippen LogP contribution in [0.2, 0.25) is 0 Å². The smallest absolute Gasteiger partial charge is 0.340 e. The quantitative estimate of drug-likeness (QED) is 0.677. The van der Waals surface area contributed by atoms with Crippen molar-refractivity contribution in [1.29, 1.82) is 0 Å². The van der Waals surface area contributed by atoms with Crippen molar-refractivity contribution in [2.45, 2.75) is 37.9 Å². The first-order chi connectivity index (χ1) is 9.63. The van der Waals surface area contributed by atoms with E-state index in [1.807, 2.05) is 0 Å². The summed E-state index contributed by atoms with van der Waals surface area (Å²) in [5.41, 5.74) is 6.57. The number of anilines is 1. The lowest BCUT2D eigenvalue weighted by Gasteiger charge is -2.28. The fraction of sp³-hybridized carbons (Fsp3) is 0.533. The Morgan fingerprint density at radius 2 is 2.00 bits per heavy atom. The molecule has 2 atom stereocenters. The molecular weight excluding hydrogens is 258 g/mol. The molecular formula is C15H21NO4. The van der Waals surface area contributed by atoms with Gasteiger partial charge < -0.3 is 19.9 Å². The van der Waals surface area contributed by atoms with E-state index in [2.05, 4.69) is 0 Å². The van der Waals surface area contributed by atoms with Crippen molar-refractivity contribution >= 4 is 11.7 Å². The molecule has 1 aliphatic rings. The van der Waals surface area contributed by atoms with Crippen molar-refractivity contribution < 1.29 is 19.0 Å². The van der Waals surface area contributed by atoms with Crippen molar-refractivity contribution in [2.75, 3.05) is 20.0 Å². The van der Waals surface area contributed by atoms with E-state index in [4.69, 9.17) is 19.9 Å². The van der Waals surface area contributed by atoms with Crippen molar-refractivity contribution in [1.82, 2.24) is 0 Å². The van der Waals surface area contributed by atoms with Gasteiger partial charge in [-0.2, -0.15) is 0 Å². The standard InChI is InChI=1S/C15H21NO4/c1-18-10-4-3-5-12(8-10)20-15(17)13-9-11(19-2)6-7-14(13)16/h6-7,9-10,12H,3-5,8,16H2,1-2H3. The van der Waals surface area contributed by atoms with E-state index in [9.17, 15) is 4.79 Å². The van der Waals surface area contributed by atoms with Gasteiger partial charge in [-0.3, -0.25) is 0 Å². The summed E-state index contributed by atoms with van der Waals surface area (Å²) in [5, 5.41) is 0. The van der Waals surface area contributed by atoms with E-state index in [1.165, 1.54) is 0 Å². The van der Waals surface area contributed by atoms with Gasteiger partial charge in [0.1, 0.15) is 11.9 Å². The number of nitrogen functional groups attached to an aromatic ring is 1. The van der Waals surface area contributed by atoms with Gasteiger partial charge in [-0.05, 0) is 37.5 Å². The number of nitrogens with two attached hydrogens (primary N) is 1. The van der Waals surface area contributed by atoms with Gasteiger partial charge in [-0.1, -0.05) is 0 Å². The molecule has 1 aromatic carbocycles. The Bertz CT molecular complexity index is 475. The van der Waals surface area contributed by atoms with Crippen LogP contribution in [0.3, 0.4) is 0 Å². The maximum absolute atomic E-state index is 12.2. The Labute approximate surface area is 119 Å². The van der Waals surface area contributed by atoms with Crippen LogP contribution in [-0.4, -0.2) is 32.4 Å². The highest BCUT2D eigenvalue weighted by atomic mass is 16.5. The average molecular weight is 279 g/mol. The maximum Gasteiger partial charge on any atom is 0.340 e. The third kappa shape index (κ3) is 3.42. The SMILES string of the molecule is COc1ccc(N)c(C(=O)OC2CCCC(OC)C2)c1. The van der Waals surface area contributed by atoms with E-state index < -0.39 is 5.97 Å². The highest BCUT2D eigenvalue weighted by Crippen LogP contribution is 2.26. The first-order valence-electron chi connectivity index (χ1n) is 6.81. The molecule has 5 nitrogen and oxygen atoms in total. The summed E-state index contributed by atoms with van der Waals surface area (Å²) in [6, 6.07) is 4.97. The molecule has 1 fully saturated rings. The number of rotatable bonds is 4. The molecule has 0 saturated heterocycles. The summed E-state index contributed by atoms with van der Waals surface area (Å²) in [7, 11) is 3.24. The van der Waals surface area contributed by atoms with Crippen molar-refractivity contribution in [3.05, 3.63) is 23.8 Å². The lowest BCUT2D eigenvalue weighted by molar-refractivity contribution is -0.0148. The molecule has 110 valence electrons. The van der Waals surface area contributed by atoms with E-state index in [0.29, 0.717) is 17.0 Å². The summed E-state index contributed by atoms with van der Waals surface area (Å²) in [6.07, 6.45) is 3.70. The summed E-state index contributed by atoms with van der Waals surface area (Å²) in [6.45, 7) is 0. The molecule has 2 N–H and O–H groups in total. The zero-order valence-corrected chi connectivity index (χ0v) is 11.9. The zero-order chi connectivity index (χ0) is 14.5. The van der Waals surface area contributed by atoms with E-state index in [0.717, 1.165) is 25.7 Å². The molecule has 20 heavy (non-hydrogen) atoms. The molecule has 1 aromatic rings. The number of ether oxygens (including phenoxy) is 3. The summed E-state index contributed by atoms with van der Waals surface area (Å²) < 4.78 is 16.0. The number of carbonyl (C=O) groups excluding carboxylic acids is 1. The molecule has 0 radical (unpaired) electrons. The van der Waals surface area contributed by atoms with Gasteiger partial charge in [0.15, 0.2) is 0 Å². The van der Waals surface area contributed by atoms with Crippen LogP contribution in [0, 0.1) is 0 Å². The Kier molecular flexibility index (Phi) is 4.84. The highest BCUT2D eigenvalue weighted by Gasteiger charge is 2.25. The lowest BCUT2D eigenvalue weighted by atomic mass is 9.95. The van der Waals surface area contributed by atoms with Crippen LogP contribution in [-0.2, 0) is 9.47 Å². The van der Waals surface area contributed by atoms with Crippen LogP contribution in [0.5, 0.6) is 5.75 Å². The van der Waals surface area contributed by atoms with Crippen LogP contribution in [0.25, 0.3) is 0 Å². The zero-order valence-electron chi connectivity index (χ0n) is 11.9. The maximum atomic E-state index is 12.2. The molecule has 2 unspecified atom stereocenters. The molecule has 0 amide bonds. The van der Waals surface area contributed by atoms with Crippen LogP contribution in [0.1, 0.15) is 36.0 Å². The number of hydrogen-bond donors (Lipinski definition) is 1. The fourth-order valence-corrected chi connectivity index (χ4v) is 2.48. The first kappa shape index (κ1) is 14.7. The lowest BCUT2D eigenvalue weighted by Crippen LogP contribution is -2.29. The van der Waals surface area contributed by atoms with Gasteiger partial charge in [-0.15, -0.1) is 0 Å². The topological polar surface area (TPSA) is 70.8 Å². The Hall–Kier alpha value is -1.75. The number of esters is 1. The molecule has 1 saturated carbocycles. The van der Waals surface area contributed by atoms with Gasteiger partial charge in [-0.25, -0.2) is 4.79 Å². The van der Waals surface area contributed by atoms with E-state index in [1.54, 1.807) is 32.4 Å². The molecule has 2 rings (SSSR count). The number of carbonyl (C=O) groups is 1. The minimum Gasteiger partial charge on any atom is -0.497 e. The van der Waals surface area contributed by atoms with Crippen molar-refractivity contribution in [2.24, 2.45) is 0 Å². The average Bonchev–Trinajstić information content (AvgIpc) is 2.47.